The minimum atomic E-state index is 0.0408. The molecular formula is C22H19Cl. The molecule has 114 valence electrons. The second kappa shape index (κ2) is 4.97. The maximum absolute atomic E-state index is 6.02. The lowest BCUT2D eigenvalue weighted by Gasteiger charge is -2.22. The molecule has 0 saturated carbocycles. The van der Waals surface area contributed by atoms with Crippen molar-refractivity contribution >= 4 is 11.6 Å². The van der Waals surface area contributed by atoms with Gasteiger partial charge in [-0.05, 0) is 64.1 Å². The van der Waals surface area contributed by atoms with E-state index in [0.29, 0.717) is 0 Å². The first-order chi connectivity index (χ1) is 11.0. The van der Waals surface area contributed by atoms with Gasteiger partial charge in [-0.1, -0.05) is 67.9 Å². The number of benzene rings is 3. The molecule has 0 aliphatic heterocycles. The molecule has 3 aromatic carbocycles. The van der Waals surface area contributed by atoms with E-state index in [1.54, 1.807) is 0 Å². The third kappa shape index (κ3) is 2.13. The summed E-state index contributed by atoms with van der Waals surface area (Å²) >= 11 is 6.02. The first-order valence-corrected chi connectivity index (χ1v) is 8.37. The molecule has 3 aromatic rings. The van der Waals surface area contributed by atoms with Crippen LogP contribution in [0.4, 0.5) is 0 Å². The molecule has 0 radical (unpaired) electrons. The van der Waals surface area contributed by atoms with Crippen LogP contribution in [0.15, 0.2) is 60.7 Å². The Hall–Kier alpha value is -2.05. The maximum Gasteiger partial charge on any atom is 0.0406 e. The minimum Gasteiger partial charge on any atom is -0.0843 e. The van der Waals surface area contributed by atoms with E-state index in [1.807, 2.05) is 12.1 Å². The Labute approximate surface area is 142 Å². The van der Waals surface area contributed by atoms with Crippen LogP contribution in [-0.4, -0.2) is 0 Å². The van der Waals surface area contributed by atoms with Gasteiger partial charge < -0.3 is 0 Å². The summed E-state index contributed by atoms with van der Waals surface area (Å²) in [4.78, 5) is 0. The zero-order valence-corrected chi connectivity index (χ0v) is 14.4. The highest BCUT2D eigenvalue weighted by atomic mass is 35.5. The van der Waals surface area contributed by atoms with Gasteiger partial charge >= 0.3 is 0 Å². The van der Waals surface area contributed by atoms with E-state index in [0.717, 1.165) is 5.02 Å². The van der Waals surface area contributed by atoms with Crippen molar-refractivity contribution in [1.82, 2.24) is 0 Å². The van der Waals surface area contributed by atoms with Crippen LogP contribution >= 0.6 is 11.6 Å². The summed E-state index contributed by atoms with van der Waals surface area (Å²) in [7, 11) is 0. The molecule has 1 aliphatic carbocycles. The molecule has 0 N–H and O–H groups in total. The summed E-state index contributed by atoms with van der Waals surface area (Å²) in [5, 5.41) is 0.776. The molecule has 0 spiro atoms. The standard InChI is InChI=1S/C22H19Cl/c1-14-5-4-6-19-21(14)18-12-9-16(13-20(18)22(19,2)3)15-7-10-17(23)11-8-15/h4-13H,1-3H3. The van der Waals surface area contributed by atoms with Crippen molar-refractivity contribution in [3.8, 4) is 22.3 Å². The van der Waals surface area contributed by atoms with Gasteiger partial charge in [0.25, 0.3) is 0 Å². The monoisotopic (exact) mass is 318 g/mol. The summed E-state index contributed by atoms with van der Waals surface area (Å²) in [5.41, 5.74) is 9.48. The van der Waals surface area contributed by atoms with Gasteiger partial charge in [0.2, 0.25) is 0 Å². The fourth-order valence-corrected chi connectivity index (χ4v) is 3.92. The Bertz CT molecular complexity index is 902. The SMILES string of the molecule is Cc1cccc2c1-c1ccc(-c3ccc(Cl)cc3)cc1C2(C)C. The van der Waals surface area contributed by atoms with E-state index in [-0.39, 0.29) is 5.41 Å². The van der Waals surface area contributed by atoms with E-state index < -0.39 is 0 Å². The van der Waals surface area contributed by atoms with Crippen LogP contribution in [0.2, 0.25) is 5.02 Å². The molecule has 23 heavy (non-hydrogen) atoms. The highest BCUT2D eigenvalue weighted by Gasteiger charge is 2.36. The first kappa shape index (κ1) is 14.5. The number of rotatable bonds is 1. The number of hydrogen-bond donors (Lipinski definition) is 0. The number of aryl methyl sites for hydroxylation is 1. The summed E-state index contributed by atoms with van der Waals surface area (Å²) in [6.45, 7) is 6.85. The molecule has 0 fully saturated rings. The van der Waals surface area contributed by atoms with Crippen LogP contribution in [0, 0.1) is 6.92 Å². The van der Waals surface area contributed by atoms with Crippen LogP contribution in [-0.2, 0) is 5.41 Å². The van der Waals surface area contributed by atoms with Crippen molar-refractivity contribution in [2.45, 2.75) is 26.2 Å². The van der Waals surface area contributed by atoms with Crippen molar-refractivity contribution in [1.29, 1.82) is 0 Å². The van der Waals surface area contributed by atoms with Gasteiger partial charge in [-0.2, -0.15) is 0 Å². The molecule has 0 saturated heterocycles. The maximum atomic E-state index is 6.02. The quantitative estimate of drug-likeness (QED) is 0.473. The molecule has 0 atom stereocenters. The number of fused-ring (bicyclic) bond motifs is 3. The van der Waals surface area contributed by atoms with Crippen LogP contribution in [0.1, 0.15) is 30.5 Å². The zero-order chi connectivity index (χ0) is 16.2. The van der Waals surface area contributed by atoms with Gasteiger partial charge in [0, 0.05) is 10.4 Å². The Morgan fingerprint density at radius 3 is 2.22 bits per heavy atom. The lowest BCUT2D eigenvalue weighted by atomic mass is 9.81. The second-order valence-electron chi connectivity index (χ2n) is 6.89. The Kier molecular flexibility index (Phi) is 3.14. The third-order valence-corrected chi connectivity index (χ3v) is 5.34. The lowest BCUT2D eigenvalue weighted by molar-refractivity contribution is 0.660. The third-order valence-electron chi connectivity index (χ3n) is 5.09. The van der Waals surface area contributed by atoms with E-state index in [4.69, 9.17) is 11.6 Å². The van der Waals surface area contributed by atoms with Crippen molar-refractivity contribution in [2.24, 2.45) is 0 Å². The average molecular weight is 319 g/mol. The van der Waals surface area contributed by atoms with Crippen molar-refractivity contribution in [3.05, 3.63) is 82.4 Å². The molecule has 4 rings (SSSR count). The van der Waals surface area contributed by atoms with Gasteiger partial charge in [0.15, 0.2) is 0 Å². The summed E-state index contributed by atoms with van der Waals surface area (Å²) in [6.07, 6.45) is 0. The molecular weight excluding hydrogens is 300 g/mol. The number of halogens is 1. The normalized spacial score (nSPS) is 14.4. The molecule has 1 heteroatoms. The largest absolute Gasteiger partial charge is 0.0843 e. The van der Waals surface area contributed by atoms with Crippen molar-refractivity contribution in [3.63, 3.8) is 0 Å². The van der Waals surface area contributed by atoms with Crippen molar-refractivity contribution < 1.29 is 0 Å². The topological polar surface area (TPSA) is 0 Å². The van der Waals surface area contributed by atoms with Gasteiger partial charge in [0.1, 0.15) is 0 Å². The van der Waals surface area contributed by atoms with Gasteiger partial charge in [-0.3, -0.25) is 0 Å². The van der Waals surface area contributed by atoms with Crippen molar-refractivity contribution in [2.75, 3.05) is 0 Å². The second-order valence-corrected chi connectivity index (χ2v) is 7.33. The first-order valence-electron chi connectivity index (χ1n) is 7.99. The van der Waals surface area contributed by atoms with E-state index in [9.17, 15) is 0 Å². The van der Waals surface area contributed by atoms with Crippen LogP contribution in [0.3, 0.4) is 0 Å². The fraction of sp³-hybridized carbons (Fsp3) is 0.182. The Morgan fingerprint density at radius 2 is 1.48 bits per heavy atom. The predicted molar refractivity (Wildman–Crippen MR) is 99.2 cm³/mol. The predicted octanol–water partition coefficient (Wildman–Crippen LogP) is 6.62. The molecule has 0 nitrogen and oxygen atoms in total. The minimum absolute atomic E-state index is 0.0408. The van der Waals surface area contributed by atoms with E-state index in [2.05, 4.69) is 69.3 Å². The lowest BCUT2D eigenvalue weighted by Crippen LogP contribution is -2.15. The van der Waals surface area contributed by atoms with Crippen LogP contribution in [0.5, 0.6) is 0 Å². The zero-order valence-electron chi connectivity index (χ0n) is 13.7. The summed E-state index contributed by atoms with van der Waals surface area (Å²) < 4.78 is 0. The van der Waals surface area contributed by atoms with Gasteiger partial charge in [0.05, 0.1) is 0 Å². The highest BCUT2D eigenvalue weighted by molar-refractivity contribution is 6.30. The molecule has 0 unspecified atom stereocenters. The smallest absolute Gasteiger partial charge is 0.0406 e. The average Bonchev–Trinajstić information content (AvgIpc) is 2.77. The fourth-order valence-electron chi connectivity index (χ4n) is 3.79. The Morgan fingerprint density at radius 1 is 0.783 bits per heavy atom. The van der Waals surface area contributed by atoms with Gasteiger partial charge in [-0.15, -0.1) is 0 Å². The summed E-state index contributed by atoms with van der Waals surface area (Å²) in [5.74, 6) is 0. The molecule has 1 aliphatic rings. The van der Waals surface area contributed by atoms with Crippen LogP contribution < -0.4 is 0 Å². The van der Waals surface area contributed by atoms with E-state index >= 15 is 0 Å². The molecule has 0 heterocycles. The van der Waals surface area contributed by atoms with Gasteiger partial charge in [-0.25, -0.2) is 0 Å². The highest BCUT2D eigenvalue weighted by Crippen LogP contribution is 2.50. The molecule has 0 amide bonds. The summed E-state index contributed by atoms with van der Waals surface area (Å²) in [6, 6.07) is 21.6. The van der Waals surface area contributed by atoms with E-state index in [1.165, 1.54) is 38.9 Å². The van der Waals surface area contributed by atoms with Crippen LogP contribution in [0.25, 0.3) is 22.3 Å². The molecule has 0 aromatic heterocycles. The molecule has 0 bridgehead atoms. The number of hydrogen-bond acceptors (Lipinski definition) is 0. The Balaban J connectivity index is 1.93.